The normalized spacial score (nSPS) is 14.5. The molecule has 0 amide bonds. The van der Waals surface area contributed by atoms with Gasteiger partial charge in [0.2, 0.25) is 0 Å². The lowest BCUT2D eigenvalue weighted by atomic mass is 10.2. The Kier molecular flexibility index (Phi) is 7.54. The second-order valence-electron chi connectivity index (χ2n) is 8.26. The molecule has 0 unspecified atom stereocenters. The molecule has 0 saturated carbocycles. The molecule has 1 aliphatic heterocycles. The third kappa shape index (κ3) is 5.84. The third-order valence-corrected chi connectivity index (χ3v) is 6.87. The highest BCUT2D eigenvalue weighted by molar-refractivity contribution is 7.80. The van der Waals surface area contributed by atoms with E-state index in [-0.39, 0.29) is 5.82 Å². The third-order valence-electron chi connectivity index (χ3n) is 5.93. The number of halogens is 3. The summed E-state index contributed by atoms with van der Waals surface area (Å²) < 4.78 is 15.1. The summed E-state index contributed by atoms with van der Waals surface area (Å²) in [6, 6.07) is 12.1. The van der Waals surface area contributed by atoms with Crippen molar-refractivity contribution in [3.05, 3.63) is 80.8 Å². The largest absolute Gasteiger partial charge is 0.346 e. The van der Waals surface area contributed by atoms with E-state index in [1.807, 2.05) is 30.7 Å². The molecule has 1 aliphatic rings. The Morgan fingerprint density at radius 2 is 1.73 bits per heavy atom. The van der Waals surface area contributed by atoms with Gasteiger partial charge in [-0.05, 0) is 61.5 Å². The molecule has 0 radical (unpaired) electrons. The SMILES string of the molecule is Cc1nn(Cc2ccc(F)cc2)c(C)c1NC(=S)N1CCN(Cc2ccc(Cl)cc2Cl)CC1. The molecule has 1 aromatic heterocycles. The summed E-state index contributed by atoms with van der Waals surface area (Å²) in [5.41, 5.74) is 4.88. The van der Waals surface area contributed by atoms with Gasteiger partial charge in [0.1, 0.15) is 5.82 Å². The summed E-state index contributed by atoms with van der Waals surface area (Å²) in [5.74, 6) is -0.240. The Labute approximate surface area is 209 Å². The van der Waals surface area contributed by atoms with Crippen molar-refractivity contribution in [3.8, 4) is 0 Å². The van der Waals surface area contributed by atoms with Crippen LogP contribution >= 0.6 is 35.4 Å². The number of thiocarbonyl (C=S) groups is 1. The van der Waals surface area contributed by atoms with E-state index in [2.05, 4.69) is 20.2 Å². The van der Waals surface area contributed by atoms with E-state index in [4.69, 9.17) is 35.4 Å². The van der Waals surface area contributed by atoms with Gasteiger partial charge < -0.3 is 10.2 Å². The Hall–Kier alpha value is -2.19. The minimum Gasteiger partial charge on any atom is -0.346 e. The van der Waals surface area contributed by atoms with E-state index in [1.54, 1.807) is 18.2 Å². The van der Waals surface area contributed by atoms with Crippen LogP contribution in [-0.2, 0) is 13.1 Å². The number of hydrogen-bond donors (Lipinski definition) is 1. The highest BCUT2D eigenvalue weighted by Crippen LogP contribution is 2.24. The van der Waals surface area contributed by atoms with E-state index >= 15 is 0 Å². The van der Waals surface area contributed by atoms with Crippen LogP contribution in [0.3, 0.4) is 0 Å². The van der Waals surface area contributed by atoms with Crippen molar-refractivity contribution in [2.24, 2.45) is 0 Å². The number of rotatable bonds is 5. The fourth-order valence-corrected chi connectivity index (χ4v) is 4.73. The summed E-state index contributed by atoms with van der Waals surface area (Å²) in [6.45, 7) is 8.80. The molecule has 0 atom stereocenters. The molecular weight excluding hydrogens is 480 g/mol. The van der Waals surface area contributed by atoms with Crippen LogP contribution in [0.4, 0.5) is 10.1 Å². The average molecular weight is 506 g/mol. The number of hydrogen-bond acceptors (Lipinski definition) is 3. The predicted octanol–water partition coefficient (Wildman–Crippen LogP) is 5.51. The first-order valence-corrected chi connectivity index (χ1v) is 12.0. The number of aromatic nitrogens is 2. The number of piperazine rings is 1. The molecule has 5 nitrogen and oxygen atoms in total. The quantitative estimate of drug-likeness (QED) is 0.462. The van der Waals surface area contributed by atoms with Crippen LogP contribution in [0.25, 0.3) is 0 Å². The number of nitrogens with zero attached hydrogens (tertiary/aromatic N) is 4. The molecule has 1 N–H and O–H groups in total. The maximum absolute atomic E-state index is 13.2. The van der Waals surface area contributed by atoms with Crippen LogP contribution in [0.1, 0.15) is 22.5 Å². The van der Waals surface area contributed by atoms with Crippen molar-refractivity contribution in [1.29, 1.82) is 0 Å². The number of anilines is 1. The number of benzene rings is 2. The topological polar surface area (TPSA) is 36.3 Å². The minimum atomic E-state index is -0.240. The molecule has 2 aromatic carbocycles. The number of nitrogens with one attached hydrogen (secondary N) is 1. The molecule has 1 saturated heterocycles. The molecule has 1 fully saturated rings. The van der Waals surface area contributed by atoms with Crippen molar-refractivity contribution >= 4 is 46.2 Å². The van der Waals surface area contributed by atoms with Crippen LogP contribution in [0.5, 0.6) is 0 Å². The second-order valence-corrected chi connectivity index (χ2v) is 9.49. The van der Waals surface area contributed by atoms with Crippen LogP contribution in [0.15, 0.2) is 42.5 Å². The van der Waals surface area contributed by atoms with E-state index in [9.17, 15) is 4.39 Å². The molecule has 9 heteroatoms. The summed E-state index contributed by atoms with van der Waals surface area (Å²) >= 11 is 18.0. The van der Waals surface area contributed by atoms with E-state index in [1.165, 1.54) is 12.1 Å². The van der Waals surface area contributed by atoms with Crippen LogP contribution in [0.2, 0.25) is 10.0 Å². The molecule has 4 rings (SSSR count). The zero-order valence-corrected chi connectivity index (χ0v) is 20.9. The van der Waals surface area contributed by atoms with Gasteiger partial charge in [0.05, 0.1) is 23.6 Å². The number of aryl methyl sites for hydroxylation is 1. The summed E-state index contributed by atoms with van der Waals surface area (Å²) in [6.07, 6.45) is 0. The van der Waals surface area contributed by atoms with E-state index in [0.29, 0.717) is 21.7 Å². The fourth-order valence-electron chi connectivity index (χ4n) is 3.98. The van der Waals surface area contributed by atoms with Gasteiger partial charge in [-0.2, -0.15) is 5.10 Å². The Balaban J connectivity index is 1.34. The van der Waals surface area contributed by atoms with Crippen molar-refractivity contribution in [2.75, 3.05) is 31.5 Å². The average Bonchev–Trinajstić information content (AvgIpc) is 3.05. The van der Waals surface area contributed by atoms with Gasteiger partial charge in [-0.3, -0.25) is 9.58 Å². The van der Waals surface area contributed by atoms with Gasteiger partial charge in [-0.15, -0.1) is 0 Å². The van der Waals surface area contributed by atoms with Crippen LogP contribution in [0, 0.1) is 19.7 Å². The van der Waals surface area contributed by atoms with Gasteiger partial charge in [0, 0.05) is 42.8 Å². The molecule has 0 spiro atoms. The first-order valence-electron chi connectivity index (χ1n) is 10.8. The first-order chi connectivity index (χ1) is 15.8. The standard InChI is InChI=1S/C24H26Cl2FN5S/c1-16-23(17(2)32(29-16)14-18-3-7-21(27)8-4-18)28-24(33)31-11-9-30(10-12-31)15-19-5-6-20(25)13-22(19)26/h3-8,13H,9-12,14-15H2,1-2H3,(H,28,33). The lowest BCUT2D eigenvalue weighted by molar-refractivity contribution is 0.177. The smallest absolute Gasteiger partial charge is 0.173 e. The molecule has 174 valence electrons. The summed E-state index contributed by atoms with van der Waals surface area (Å²) in [5, 5.41) is 10.1. The molecule has 0 bridgehead atoms. The lowest BCUT2D eigenvalue weighted by Crippen LogP contribution is -2.49. The molecule has 0 aliphatic carbocycles. The highest BCUT2D eigenvalue weighted by Gasteiger charge is 2.21. The lowest BCUT2D eigenvalue weighted by Gasteiger charge is -2.36. The Morgan fingerprint density at radius 3 is 2.39 bits per heavy atom. The van der Waals surface area contributed by atoms with Gasteiger partial charge in [-0.25, -0.2) is 4.39 Å². The van der Waals surface area contributed by atoms with Gasteiger partial charge in [0.15, 0.2) is 5.11 Å². The maximum Gasteiger partial charge on any atom is 0.173 e. The zero-order chi connectivity index (χ0) is 23.5. The molecule has 33 heavy (non-hydrogen) atoms. The molecular formula is C24H26Cl2FN5S. The summed E-state index contributed by atoms with van der Waals surface area (Å²) in [4.78, 5) is 4.55. The summed E-state index contributed by atoms with van der Waals surface area (Å²) in [7, 11) is 0. The van der Waals surface area contributed by atoms with E-state index < -0.39 is 0 Å². The second kappa shape index (κ2) is 10.4. The van der Waals surface area contributed by atoms with Gasteiger partial charge >= 0.3 is 0 Å². The van der Waals surface area contributed by atoms with Gasteiger partial charge in [-0.1, -0.05) is 41.4 Å². The van der Waals surface area contributed by atoms with Crippen molar-refractivity contribution < 1.29 is 4.39 Å². The minimum absolute atomic E-state index is 0.240. The van der Waals surface area contributed by atoms with Crippen molar-refractivity contribution in [3.63, 3.8) is 0 Å². The van der Waals surface area contributed by atoms with Crippen molar-refractivity contribution in [2.45, 2.75) is 26.9 Å². The Bertz CT molecular complexity index is 1140. The Morgan fingerprint density at radius 1 is 1.03 bits per heavy atom. The van der Waals surface area contributed by atoms with Crippen LogP contribution < -0.4 is 5.32 Å². The fraction of sp³-hybridized carbons (Fsp3) is 0.333. The highest BCUT2D eigenvalue weighted by atomic mass is 35.5. The van der Waals surface area contributed by atoms with Crippen molar-refractivity contribution in [1.82, 2.24) is 19.6 Å². The predicted molar refractivity (Wildman–Crippen MR) is 137 cm³/mol. The van der Waals surface area contributed by atoms with Gasteiger partial charge in [0.25, 0.3) is 0 Å². The molecule has 2 heterocycles. The maximum atomic E-state index is 13.2. The first kappa shape index (κ1) is 24.0. The van der Waals surface area contributed by atoms with Crippen LogP contribution in [-0.4, -0.2) is 50.9 Å². The monoisotopic (exact) mass is 505 g/mol. The van der Waals surface area contributed by atoms with E-state index in [0.717, 1.165) is 60.9 Å². The zero-order valence-electron chi connectivity index (χ0n) is 18.6. The molecule has 3 aromatic rings.